The standard InChI is InChI=1S/C14H24O4/c1-11-5-4-6-14(9-11)10-13(3,17-18-14)7-8-16-12(2)15/h11H,4-10H2,1-3H3. The molecule has 1 heterocycles. The van der Waals surface area contributed by atoms with Gasteiger partial charge in [0.25, 0.3) is 0 Å². The largest absolute Gasteiger partial charge is 0.466 e. The zero-order valence-electron chi connectivity index (χ0n) is 11.7. The molecule has 4 heteroatoms. The Morgan fingerprint density at radius 2 is 2.22 bits per heavy atom. The molecule has 2 fully saturated rings. The molecule has 2 rings (SSSR count). The van der Waals surface area contributed by atoms with Gasteiger partial charge in [0, 0.05) is 19.8 Å². The molecule has 0 amide bonds. The molecular formula is C14H24O4. The predicted molar refractivity (Wildman–Crippen MR) is 66.8 cm³/mol. The molecule has 0 N–H and O–H groups in total. The van der Waals surface area contributed by atoms with Gasteiger partial charge in [0.15, 0.2) is 0 Å². The summed E-state index contributed by atoms with van der Waals surface area (Å²) in [6, 6.07) is 0. The quantitative estimate of drug-likeness (QED) is 0.575. The summed E-state index contributed by atoms with van der Waals surface area (Å²) in [5.41, 5.74) is -0.408. The number of esters is 1. The minimum Gasteiger partial charge on any atom is -0.466 e. The summed E-state index contributed by atoms with van der Waals surface area (Å²) in [6.45, 7) is 6.16. The van der Waals surface area contributed by atoms with Crippen LogP contribution in [0.25, 0.3) is 0 Å². The van der Waals surface area contributed by atoms with Crippen LogP contribution in [0.3, 0.4) is 0 Å². The second kappa shape index (κ2) is 5.17. The van der Waals surface area contributed by atoms with Gasteiger partial charge < -0.3 is 4.74 Å². The Balaban J connectivity index is 1.87. The SMILES string of the molecule is CC(=O)OCCC1(C)CC2(CCCC(C)C2)OO1. The van der Waals surface area contributed by atoms with E-state index < -0.39 is 0 Å². The third-order valence-corrected chi connectivity index (χ3v) is 4.10. The Bertz CT molecular complexity index is 317. The first-order chi connectivity index (χ1) is 8.43. The average Bonchev–Trinajstić information content (AvgIpc) is 2.55. The molecule has 104 valence electrons. The van der Waals surface area contributed by atoms with Crippen molar-refractivity contribution in [3.8, 4) is 0 Å². The molecule has 0 aromatic rings. The molecule has 0 bridgehead atoms. The van der Waals surface area contributed by atoms with Gasteiger partial charge in [-0.1, -0.05) is 19.8 Å². The lowest BCUT2D eigenvalue weighted by Crippen LogP contribution is -2.36. The highest BCUT2D eigenvalue weighted by Gasteiger charge is 2.50. The summed E-state index contributed by atoms with van der Waals surface area (Å²) in [7, 11) is 0. The van der Waals surface area contributed by atoms with Crippen molar-refractivity contribution in [1.29, 1.82) is 0 Å². The van der Waals surface area contributed by atoms with Crippen LogP contribution in [0.15, 0.2) is 0 Å². The Kier molecular flexibility index (Phi) is 3.97. The smallest absolute Gasteiger partial charge is 0.302 e. The van der Waals surface area contributed by atoms with Crippen LogP contribution < -0.4 is 0 Å². The van der Waals surface area contributed by atoms with E-state index >= 15 is 0 Å². The van der Waals surface area contributed by atoms with E-state index in [4.69, 9.17) is 14.5 Å². The van der Waals surface area contributed by atoms with E-state index in [1.807, 2.05) is 6.92 Å². The fourth-order valence-corrected chi connectivity index (χ4v) is 3.32. The van der Waals surface area contributed by atoms with Crippen molar-refractivity contribution in [3.05, 3.63) is 0 Å². The van der Waals surface area contributed by atoms with Crippen LogP contribution in [0.1, 0.15) is 59.3 Å². The topological polar surface area (TPSA) is 44.8 Å². The summed E-state index contributed by atoms with van der Waals surface area (Å²) in [6.07, 6.45) is 6.27. The molecule has 0 aromatic carbocycles. The highest BCUT2D eigenvalue weighted by atomic mass is 17.2. The van der Waals surface area contributed by atoms with Gasteiger partial charge >= 0.3 is 5.97 Å². The Morgan fingerprint density at radius 3 is 2.89 bits per heavy atom. The molecule has 1 saturated heterocycles. The van der Waals surface area contributed by atoms with Gasteiger partial charge in [0.05, 0.1) is 6.61 Å². The van der Waals surface area contributed by atoms with Crippen molar-refractivity contribution in [1.82, 2.24) is 0 Å². The number of carbonyl (C=O) groups excluding carboxylic acids is 1. The van der Waals surface area contributed by atoms with E-state index in [0.717, 1.165) is 19.3 Å². The molecule has 0 aromatic heterocycles. The first kappa shape index (κ1) is 13.8. The maximum absolute atomic E-state index is 10.8. The lowest BCUT2D eigenvalue weighted by Gasteiger charge is -2.34. The maximum Gasteiger partial charge on any atom is 0.302 e. The molecule has 1 aliphatic carbocycles. The van der Waals surface area contributed by atoms with Gasteiger partial charge in [-0.3, -0.25) is 4.79 Å². The zero-order chi connectivity index (χ0) is 13.2. The van der Waals surface area contributed by atoms with E-state index in [-0.39, 0.29) is 17.2 Å². The van der Waals surface area contributed by atoms with Crippen molar-refractivity contribution in [2.45, 2.75) is 70.5 Å². The first-order valence-corrected chi connectivity index (χ1v) is 6.93. The molecule has 3 unspecified atom stereocenters. The minimum atomic E-state index is -0.313. The van der Waals surface area contributed by atoms with Crippen LogP contribution in [-0.2, 0) is 19.3 Å². The summed E-state index contributed by atoms with van der Waals surface area (Å²) >= 11 is 0. The third kappa shape index (κ3) is 3.23. The summed E-state index contributed by atoms with van der Waals surface area (Å²) in [5.74, 6) is 0.469. The maximum atomic E-state index is 10.8. The molecule has 2 aliphatic rings. The molecule has 3 atom stereocenters. The van der Waals surface area contributed by atoms with Crippen LogP contribution in [0, 0.1) is 5.92 Å². The van der Waals surface area contributed by atoms with Gasteiger partial charge in [-0.25, -0.2) is 9.78 Å². The molecule has 4 nitrogen and oxygen atoms in total. The van der Waals surface area contributed by atoms with Crippen molar-refractivity contribution in [2.24, 2.45) is 5.92 Å². The Morgan fingerprint density at radius 1 is 1.44 bits per heavy atom. The van der Waals surface area contributed by atoms with Crippen molar-refractivity contribution in [3.63, 3.8) is 0 Å². The van der Waals surface area contributed by atoms with Crippen LogP contribution in [0.5, 0.6) is 0 Å². The lowest BCUT2D eigenvalue weighted by atomic mass is 9.74. The number of hydrogen-bond acceptors (Lipinski definition) is 4. The Labute approximate surface area is 109 Å². The van der Waals surface area contributed by atoms with Crippen molar-refractivity contribution >= 4 is 5.97 Å². The van der Waals surface area contributed by atoms with E-state index in [9.17, 15) is 4.79 Å². The second-order valence-corrected chi connectivity index (χ2v) is 6.27. The number of ether oxygens (including phenoxy) is 1. The molecule has 18 heavy (non-hydrogen) atoms. The molecule has 0 radical (unpaired) electrons. The second-order valence-electron chi connectivity index (χ2n) is 6.27. The zero-order valence-corrected chi connectivity index (χ0v) is 11.7. The van der Waals surface area contributed by atoms with Gasteiger partial charge in [-0.15, -0.1) is 0 Å². The number of hydrogen-bond donors (Lipinski definition) is 0. The van der Waals surface area contributed by atoms with Crippen molar-refractivity contribution < 1.29 is 19.3 Å². The first-order valence-electron chi connectivity index (χ1n) is 6.93. The molecule has 1 saturated carbocycles. The van der Waals surface area contributed by atoms with Gasteiger partial charge in [-0.2, -0.15) is 0 Å². The van der Waals surface area contributed by atoms with E-state index in [1.165, 1.54) is 19.8 Å². The average molecular weight is 256 g/mol. The fraction of sp³-hybridized carbons (Fsp3) is 0.929. The highest BCUT2D eigenvalue weighted by Crippen LogP contribution is 2.47. The van der Waals surface area contributed by atoms with Crippen LogP contribution >= 0.6 is 0 Å². The van der Waals surface area contributed by atoms with Gasteiger partial charge in [-0.05, 0) is 25.7 Å². The third-order valence-electron chi connectivity index (χ3n) is 4.10. The van der Waals surface area contributed by atoms with E-state index in [2.05, 4.69) is 6.92 Å². The highest BCUT2D eigenvalue weighted by molar-refractivity contribution is 5.65. The van der Waals surface area contributed by atoms with Crippen LogP contribution in [-0.4, -0.2) is 23.8 Å². The van der Waals surface area contributed by atoms with Gasteiger partial charge in [0.1, 0.15) is 11.2 Å². The Hall–Kier alpha value is -0.610. The molecule has 1 spiro atoms. The van der Waals surface area contributed by atoms with E-state index in [0.29, 0.717) is 18.9 Å². The number of carbonyl (C=O) groups is 1. The fourth-order valence-electron chi connectivity index (χ4n) is 3.32. The summed E-state index contributed by atoms with van der Waals surface area (Å²) in [4.78, 5) is 22.0. The normalized spacial score (nSPS) is 40.1. The van der Waals surface area contributed by atoms with Crippen molar-refractivity contribution in [2.75, 3.05) is 6.61 Å². The van der Waals surface area contributed by atoms with E-state index in [1.54, 1.807) is 0 Å². The van der Waals surface area contributed by atoms with Gasteiger partial charge in [0.2, 0.25) is 0 Å². The predicted octanol–water partition coefficient (Wildman–Crippen LogP) is 3.00. The molecular weight excluding hydrogens is 232 g/mol. The number of rotatable bonds is 3. The summed E-state index contributed by atoms with van der Waals surface area (Å²) in [5, 5.41) is 0. The lowest BCUT2D eigenvalue weighted by molar-refractivity contribution is -0.354. The molecule has 1 aliphatic heterocycles. The van der Waals surface area contributed by atoms with Crippen LogP contribution in [0.2, 0.25) is 0 Å². The summed E-state index contributed by atoms with van der Waals surface area (Å²) < 4.78 is 4.99. The minimum absolute atomic E-state index is 0.0946. The van der Waals surface area contributed by atoms with Crippen LogP contribution in [0.4, 0.5) is 0 Å². The monoisotopic (exact) mass is 256 g/mol.